The molecule has 0 aromatic carbocycles. The topological polar surface area (TPSA) is 66.8 Å². The highest BCUT2D eigenvalue weighted by molar-refractivity contribution is 6.04. The first-order valence-corrected chi connectivity index (χ1v) is 4.63. The van der Waals surface area contributed by atoms with Gasteiger partial charge in [0.1, 0.15) is 11.2 Å². The lowest BCUT2D eigenvalue weighted by atomic mass is 10.2. The third kappa shape index (κ3) is 2.49. The molecule has 0 aromatic heterocycles. The van der Waals surface area contributed by atoms with E-state index in [9.17, 15) is 14.7 Å². The standard InChI is InChI=1S/C10H15NO4/c1-10(2,3)15-9(14)6-5-11(4)8(13)7(6)12/h12H,5H2,1-4H3. The average Bonchev–Trinajstić information content (AvgIpc) is 2.30. The molecule has 0 radical (unpaired) electrons. The first-order chi connectivity index (χ1) is 6.72. The van der Waals surface area contributed by atoms with Gasteiger partial charge in [0.25, 0.3) is 5.91 Å². The minimum absolute atomic E-state index is 0.0254. The monoisotopic (exact) mass is 213 g/mol. The Morgan fingerprint density at radius 1 is 1.47 bits per heavy atom. The summed E-state index contributed by atoms with van der Waals surface area (Å²) in [7, 11) is 1.51. The molecule has 0 spiro atoms. The summed E-state index contributed by atoms with van der Waals surface area (Å²) in [6.07, 6.45) is 0. The van der Waals surface area contributed by atoms with E-state index in [1.807, 2.05) is 0 Å². The second-order valence-electron chi connectivity index (χ2n) is 4.49. The first-order valence-electron chi connectivity index (χ1n) is 4.63. The van der Waals surface area contributed by atoms with Crippen LogP contribution in [0.25, 0.3) is 0 Å². The van der Waals surface area contributed by atoms with Crippen molar-refractivity contribution in [2.24, 2.45) is 0 Å². The number of nitrogens with zero attached hydrogens (tertiary/aromatic N) is 1. The Balaban J connectivity index is 2.82. The fourth-order valence-electron chi connectivity index (χ4n) is 1.19. The predicted molar refractivity (Wildman–Crippen MR) is 53.1 cm³/mol. The van der Waals surface area contributed by atoms with E-state index in [0.717, 1.165) is 0 Å². The number of aliphatic hydroxyl groups excluding tert-OH is 1. The maximum atomic E-state index is 11.5. The van der Waals surface area contributed by atoms with Crippen LogP contribution >= 0.6 is 0 Å². The summed E-state index contributed by atoms with van der Waals surface area (Å²) in [5.74, 6) is -1.69. The van der Waals surface area contributed by atoms with Gasteiger partial charge in [0.05, 0.1) is 6.54 Å². The number of likely N-dealkylation sites (N-methyl/N-ethyl adjacent to an activating group) is 1. The van der Waals surface area contributed by atoms with Gasteiger partial charge in [-0.3, -0.25) is 4.79 Å². The molecule has 1 N–H and O–H groups in total. The van der Waals surface area contributed by atoms with Crippen LogP contribution in [0.5, 0.6) is 0 Å². The number of ether oxygens (including phenoxy) is 1. The number of hydrogen-bond acceptors (Lipinski definition) is 4. The van der Waals surface area contributed by atoms with E-state index in [0.29, 0.717) is 0 Å². The van der Waals surface area contributed by atoms with Gasteiger partial charge in [-0.2, -0.15) is 0 Å². The van der Waals surface area contributed by atoms with Crippen molar-refractivity contribution in [3.05, 3.63) is 11.3 Å². The molecule has 0 aliphatic carbocycles. The third-order valence-corrected chi connectivity index (χ3v) is 1.88. The lowest BCUT2D eigenvalue weighted by Gasteiger charge is -2.19. The van der Waals surface area contributed by atoms with Crippen LogP contribution in [0.2, 0.25) is 0 Å². The Bertz CT molecular complexity index is 338. The van der Waals surface area contributed by atoms with E-state index in [1.165, 1.54) is 11.9 Å². The molecule has 1 aliphatic rings. The summed E-state index contributed by atoms with van der Waals surface area (Å²) in [4.78, 5) is 24.0. The summed E-state index contributed by atoms with van der Waals surface area (Å²) >= 11 is 0. The Hall–Kier alpha value is -1.52. The van der Waals surface area contributed by atoms with Gasteiger partial charge in [-0.15, -0.1) is 0 Å². The van der Waals surface area contributed by atoms with Crippen LogP contribution in [0.1, 0.15) is 20.8 Å². The zero-order chi connectivity index (χ0) is 11.8. The maximum Gasteiger partial charge on any atom is 0.340 e. The van der Waals surface area contributed by atoms with E-state index < -0.39 is 23.2 Å². The molecule has 1 rings (SSSR count). The number of carbonyl (C=O) groups excluding carboxylic acids is 2. The number of aliphatic hydroxyl groups is 1. The smallest absolute Gasteiger partial charge is 0.340 e. The second-order valence-corrected chi connectivity index (χ2v) is 4.49. The van der Waals surface area contributed by atoms with Crippen molar-refractivity contribution in [3.63, 3.8) is 0 Å². The number of hydrogen-bond donors (Lipinski definition) is 1. The minimum atomic E-state index is -0.641. The summed E-state index contributed by atoms with van der Waals surface area (Å²) in [6.45, 7) is 5.27. The molecule has 0 unspecified atom stereocenters. The molecule has 0 fully saturated rings. The van der Waals surface area contributed by atoms with Crippen molar-refractivity contribution < 1.29 is 19.4 Å². The van der Waals surface area contributed by atoms with E-state index in [-0.39, 0.29) is 12.1 Å². The van der Waals surface area contributed by atoms with E-state index >= 15 is 0 Å². The lowest BCUT2D eigenvalue weighted by Crippen LogP contribution is -2.27. The van der Waals surface area contributed by atoms with Crippen LogP contribution < -0.4 is 0 Å². The molecule has 0 aromatic rings. The number of amides is 1. The van der Waals surface area contributed by atoms with Crippen LogP contribution in [-0.2, 0) is 14.3 Å². The third-order valence-electron chi connectivity index (χ3n) is 1.88. The van der Waals surface area contributed by atoms with Gasteiger partial charge in [-0.25, -0.2) is 4.79 Å². The van der Waals surface area contributed by atoms with Gasteiger partial charge >= 0.3 is 5.97 Å². The minimum Gasteiger partial charge on any atom is -0.503 e. The van der Waals surface area contributed by atoms with Gasteiger partial charge in [-0.1, -0.05) is 0 Å². The zero-order valence-electron chi connectivity index (χ0n) is 9.33. The molecular formula is C10H15NO4. The van der Waals surface area contributed by atoms with Crippen LogP contribution in [0, 0.1) is 0 Å². The maximum absolute atomic E-state index is 11.5. The Morgan fingerprint density at radius 3 is 2.33 bits per heavy atom. The molecule has 84 valence electrons. The Labute approximate surface area is 88.3 Å². The number of rotatable bonds is 1. The van der Waals surface area contributed by atoms with Crippen molar-refractivity contribution in [1.82, 2.24) is 4.90 Å². The van der Waals surface area contributed by atoms with Crippen LogP contribution in [-0.4, -0.2) is 41.1 Å². The van der Waals surface area contributed by atoms with Crippen LogP contribution in [0.4, 0.5) is 0 Å². The molecule has 0 saturated heterocycles. The molecular weight excluding hydrogens is 198 g/mol. The quantitative estimate of drug-likeness (QED) is 0.648. The predicted octanol–water partition coefficient (Wildman–Crippen LogP) is 0.612. The Kier molecular flexibility index (Phi) is 2.75. The highest BCUT2D eigenvalue weighted by Gasteiger charge is 2.34. The van der Waals surface area contributed by atoms with Crippen LogP contribution in [0.3, 0.4) is 0 Å². The van der Waals surface area contributed by atoms with Crippen molar-refractivity contribution in [2.75, 3.05) is 13.6 Å². The largest absolute Gasteiger partial charge is 0.503 e. The second kappa shape index (κ2) is 3.56. The summed E-state index contributed by atoms with van der Waals surface area (Å²) in [5, 5.41) is 9.38. The lowest BCUT2D eigenvalue weighted by molar-refractivity contribution is -0.150. The van der Waals surface area contributed by atoms with E-state index in [2.05, 4.69) is 0 Å². The molecule has 5 nitrogen and oxygen atoms in total. The van der Waals surface area contributed by atoms with Crippen LogP contribution in [0.15, 0.2) is 11.3 Å². The molecule has 5 heteroatoms. The van der Waals surface area contributed by atoms with Gasteiger partial charge in [0.15, 0.2) is 5.76 Å². The van der Waals surface area contributed by atoms with Crippen molar-refractivity contribution in [1.29, 1.82) is 0 Å². The average molecular weight is 213 g/mol. The number of carbonyl (C=O) groups is 2. The van der Waals surface area contributed by atoms with Gasteiger partial charge in [-0.05, 0) is 20.8 Å². The molecule has 15 heavy (non-hydrogen) atoms. The zero-order valence-corrected chi connectivity index (χ0v) is 9.33. The number of esters is 1. The van der Waals surface area contributed by atoms with Gasteiger partial charge in [0.2, 0.25) is 0 Å². The summed E-state index contributed by atoms with van der Waals surface area (Å²) < 4.78 is 5.05. The highest BCUT2D eigenvalue weighted by atomic mass is 16.6. The Morgan fingerprint density at radius 2 is 2.00 bits per heavy atom. The fourth-order valence-corrected chi connectivity index (χ4v) is 1.19. The molecule has 0 atom stereocenters. The van der Waals surface area contributed by atoms with Crippen molar-refractivity contribution in [3.8, 4) is 0 Å². The fraction of sp³-hybridized carbons (Fsp3) is 0.600. The summed E-state index contributed by atoms with van der Waals surface area (Å²) in [5.41, 5.74) is -0.605. The van der Waals surface area contributed by atoms with Crippen molar-refractivity contribution >= 4 is 11.9 Å². The SMILES string of the molecule is CN1CC(C(=O)OC(C)(C)C)=C(O)C1=O. The molecule has 1 aliphatic heterocycles. The molecule has 1 heterocycles. The van der Waals surface area contributed by atoms with E-state index in [1.54, 1.807) is 20.8 Å². The molecule has 0 saturated carbocycles. The molecule has 1 amide bonds. The van der Waals surface area contributed by atoms with Crippen molar-refractivity contribution in [2.45, 2.75) is 26.4 Å². The first kappa shape index (κ1) is 11.6. The van der Waals surface area contributed by atoms with E-state index in [4.69, 9.17) is 4.74 Å². The van der Waals surface area contributed by atoms with Gasteiger partial charge in [0, 0.05) is 7.05 Å². The highest BCUT2D eigenvalue weighted by Crippen LogP contribution is 2.19. The molecule has 0 bridgehead atoms. The summed E-state index contributed by atoms with van der Waals surface area (Å²) in [6, 6.07) is 0. The normalized spacial score (nSPS) is 17.3. The van der Waals surface area contributed by atoms with Gasteiger partial charge < -0.3 is 14.7 Å².